The molecular weight excluding hydrogens is 246 g/mol. The van der Waals surface area contributed by atoms with E-state index in [1.807, 2.05) is 0 Å². The van der Waals surface area contributed by atoms with Gasteiger partial charge in [-0.25, -0.2) is 0 Å². The Morgan fingerprint density at radius 1 is 1.10 bits per heavy atom. The van der Waals surface area contributed by atoms with Crippen molar-refractivity contribution < 1.29 is 5.11 Å². The van der Waals surface area contributed by atoms with Crippen LogP contribution in [0.4, 0.5) is 0 Å². The van der Waals surface area contributed by atoms with Crippen LogP contribution in [0.1, 0.15) is 72.1 Å². The van der Waals surface area contributed by atoms with Crippen LogP contribution >= 0.6 is 0 Å². The smallest absolute Gasteiger partial charge is 0.0585 e. The summed E-state index contributed by atoms with van der Waals surface area (Å²) in [5.74, 6) is 1.22. The highest BCUT2D eigenvalue weighted by Crippen LogP contribution is 2.70. The molecule has 0 saturated heterocycles. The minimum absolute atomic E-state index is 0.187. The molecule has 4 atom stereocenters. The lowest BCUT2D eigenvalue weighted by atomic mass is 9.39. The van der Waals surface area contributed by atoms with E-state index < -0.39 is 0 Å². The molecule has 0 aliphatic heterocycles. The summed E-state index contributed by atoms with van der Waals surface area (Å²) < 4.78 is 0. The van der Waals surface area contributed by atoms with Crippen LogP contribution in [0.15, 0.2) is 0 Å². The molecule has 4 unspecified atom stereocenters. The van der Waals surface area contributed by atoms with Crippen LogP contribution in [0, 0.1) is 28.1 Å². The van der Waals surface area contributed by atoms with E-state index in [1.165, 1.54) is 38.5 Å². The third-order valence-corrected chi connectivity index (χ3v) is 6.76. The fourth-order valence-corrected chi connectivity index (χ4v) is 7.12. The number of hydrogen-bond donors (Lipinski definition) is 2. The molecule has 4 bridgehead atoms. The van der Waals surface area contributed by atoms with E-state index in [1.54, 1.807) is 0 Å². The van der Waals surface area contributed by atoms with Gasteiger partial charge >= 0.3 is 0 Å². The van der Waals surface area contributed by atoms with Crippen molar-refractivity contribution in [3.63, 3.8) is 0 Å². The Labute approximate surface area is 124 Å². The van der Waals surface area contributed by atoms with Crippen LogP contribution < -0.4 is 5.73 Å². The summed E-state index contributed by atoms with van der Waals surface area (Å²) in [6.45, 7) is 7.81. The Balaban J connectivity index is 1.79. The fraction of sp³-hybridized carbons (Fsp3) is 1.00. The topological polar surface area (TPSA) is 46.2 Å². The third kappa shape index (κ3) is 2.43. The molecule has 0 aromatic carbocycles. The molecular formula is C18H33NO. The molecule has 0 aromatic rings. The molecule has 4 aliphatic carbocycles. The van der Waals surface area contributed by atoms with Gasteiger partial charge in [0.05, 0.1) is 6.10 Å². The van der Waals surface area contributed by atoms with Crippen molar-refractivity contribution in [2.45, 2.75) is 78.2 Å². The number of hydrogen-bond acceptors (Lipinski definition) is 2. The van der Waals surface area contributed by atoms with E-state index >= 15 is 0 Å². The zero-order valence-corrected chi connectivity index (χ0v) is 13.6. The van der Waals surface area contributed by atoms with E-state index in [0.29, 0.717) is 28.7 Å². The highest BCUT2D eigenvalue weighted by Gasteiger charge is 2.60. The van der Waals surface area contributed by atoms with Crippen molar-refractivity contribution >= 4 is 0 Å². The highest BCUT2D eigenvalue weighted by molar-refractivity contribution is 5.10. The molecule has 4 fully saturated rings. The zero-order valence-electron chi connectivity index (χ0n) is 13.6. The van der Waals surface area contributed by atoms with Gasteiger partial charge in [0.1, 0.15) is 0 Å². The second-order valence-electron chi connectivity index (χ2n) is 9.31. The molecule has 0 amide bonds. The van der Waals surface area contributed by atoms with Gasteiger partial charge in [0.2, 0.25) is 0 Å². The monoisotopic (exact) mass is 279 g/mol. The summed E-state index contributed by atoms with van der Waals surface area (Å²) >= 11 is 0. The third-order valence-electron chi connectivity index (χ3n) is 6.76. The summed E-state index contributed by atoms with van der Waals surface area (Å²) in [5.41, 5.74) is 7.37. The maximum Gasteiger partial charge on any atom is 0.0585 e. The first-order valence-electron chi connectivity index (χ1n) is 8.69. The second-order valence-corrected chi connectivity index (χ2v) is 9.31. The Hall–Kier alpha value is -0.0800. The van der Waals surface area contributed by atoms with Crippen LogP contribution in [0.25, 0.3) is 0 Å². The molecule has 0 spiro atoms. The van der Waals surface area contributed by atoms with Gasteiger partial charge in [-0.1, -0.05) is 20.8 Å². The van der Waals surface area contributed by atoms with Crippen molar-refractivity contribution in [3.8, 4) is 0 Å². The normalized spacial score (nSPS) is 49.4. The van der Waals surface area contributed by atoms with E-state index in [9.17, 15) is 5.11 Å². The van der Waals surface area contributed by atoms with Gasteiger partial charge in [-0.05, 0) is 86.0 Å². The zero-order chi connectivity index (χ0) is 14.6. The van der Waals surface area contributed by atoms with Crippen molar-refractivity contribution in [1.29, 1.82) is 0 Å². The van der Waals surface area contributed by atoms with E-state index in [0.717, 1.165) is 18.8 Å². The molecule has 4 saturated carbocycles. The molecule has 3 N–H and O–H groups in total. The number of rotatable bonds is 5. The maximum absolute atomic E-state index is 10.7. The average Bonchev–Trinajstić information content (AvgIpc) is 2.24. The fourth-order valence-electron chi connectivity index (χ4n) is 7.12. The Morgan fingerprint density at radius 3 is 2.15 bits per heavy atom. The summed E-state index contributed by atoms with van der Waals surface area (Å²) in [4.78, 5) is 0. The number of aliphatic hydroxyl groups excluding tert-OH is 1. The summed E-state index contributed by atoms with van der Waals surface area (Å²) in [6.07, 6.45) is 10.2. The van der Waals surface area contributed by atoms with Gasteiger partial charge in [0.25, 0.3) is 0 Å². The molecule has 4 aliphatic rings. The molecule has 116 valence electrons. The van der Waals surface area contributed by atoms with E-state index in [4.69, 9.17) is 5.73 Å². The van der Waals surface area contributed by atoms with Crippen LogP contribution in [-0.2, 0) is 0 Å². The van der Waals surface area contributed by atoms with E-state index in [2.05, 4.69) is 20.8 Å². The molecule has 2 heteroatoms. The molecule has 0 heterocycles. The number of nitrogens with two attached hydrogens (primary N) is 1. The molecule has 2 nitrogen and oxygen atoms in total. The highest BCUT2D eigenvalue weighted by atomic mass is 16.3. The predicted molar refractivity (Wildman–Crippen MR) is 83.3 cm³/mol. The van der Waals surface area contributed by atoms with Crippen molar-refractivity contribution in [2.75, 3.05) is 6.54 Å². The van der Waals surface area contributed by atoms with Crippen molar-refractivity contribution in [2.24, 2.45) is 33.8 Å². The quantitative estimate of drug-likeness (QED) is 0.805. The first kappa shape index (κ1) is 14.8. The lowest BCUT2D eigenvalue weighted by Gasteiger charge is -2.66. The standard InChI is InChI=1S/C18H33NO/c1-4-14(9-19)15(20)8-18-7-13-5-16(2,11-18)10-17(3,6-13)12-18/h13-15,20H,4-12,19H2,1-3H3. The second kappa shape index (κ2) is 4.71. The van der Waals surface area contributed by atoms with Gasteiger partial charge in [-0.15, -0.1) is 0 Å². The van der Waals surface area contributed by atoms with Gasteiger partial charge in [-0.2, -0.15) is 0 Å². The van der Waals surface area contributed by atoms with Crippen molar-refractivity contribution in [1.82, 2.24) is 0 Å². The Morgan fingerprint density at radius 2 is 1.70 bits per heavy atom. The Kier molecular flexibility index (Phi) is 3.49. The minimum atomic E-state index is -0.187. The van der Waals surface area contributed by atoms with Gasteiger partial charge in [0, 0.05) is 0 Å². The van der Waals surface area contributed by atoms with Crippen molar-refractivity contribution in [3.05, 3.63) is 0 Å². The van der Waals surface area contributed by atoms with Crippen LogP contribution in [-0.4, -0.2) is 17.8 Å². The summed E-state index contributed by atoms with van der Waals surface area (Å²) in [5, 5.41) is 10.7. The van der Waals surface area contributed by atoms with Crippen LogP contribution in [0.2, 0.25) is 0 Å². The van der Waals surface area contributed by atoms with Crippen LogP contribution in [0.3, 0.4) is 0 Å². The SMILES string of the molecule is CCC(CN)C(O)CC12CC3CC(C)(CC(C)(C3)C1)C2. The Bertz CT molecular complexity index is 358. The average molecular weight is 279 g/mol. The molecule has 4 rings (SSSR count). The lowest BCUT2D eigenvalue weighted by molar-refractivity contribution is -0.159. The van der Waals surface area contributed by atoms with Gasteiger partial charge < -0.3 is 10.8 Å². The summed E-state index contributed by atoms with van der Waals surface area (Å²) in [6, 6.07) is 0. The molecule has 0 aromatic heterocycles. The molecule has 20 heavy (non-hydrogen) atoms. The minimum Gasteiger partial charge on any atom is -0.393 e. The maximum atomic E-state index is 10.7. The lowest BCUT2D eigenvalue weighted by Crippen LogP contribution is -2.56. The predicted octanol–water partition coefficient (Wildman–Crippen LogP) is 3.72. The first-order valence-corrected chi connectivity index (χ1v) is 8.69. The molecule has 0 radical (unpaired) electrons. The van der Waals surface area contributed by atoms with Crippen LogP contribution in [0.5, 0.6) is 0 Å². The van der Waals surface area contributed by atoms with E-state index in [-0.39, 0.29) is 6.10 Å². The van der Waals surface area contributed by atoms with Gasteiger partial charge in [0.15, 0.2) is 0 Å². The summed E-state index contributed by atoms with van der Waals surface area (Å²) in [7, 11) is 0. The largest absolute Gasteiger partial charge is 0.393 e. The number of aliphatic hydroxyl groups is 1. The van der Waals surface area contributed by atoms with Gasteiger partial charge in [-0.3, -0.25) is 0 Å². The first-order chi connectivity index (χ1) is 9.31.